The van der Waals surface area contributed by atoms with Crippen molar-refractivity contribution in [3.8, 4) is 0 Å². The van der Waals surface area contributed by atoms with Crippen LogP contribution in [0.15, 0.2) is 41.8 Å². The van der Waals surface area contributed by atoms with E-state index in [0.717, 1.165) is 56.1 Å². The number of fused-ring (bicyclic) bond motifs is 1. The second-order valence-corrected chi connectivity index (χ2v) is 7.92. The summed E-state index contributed by atoms with van der Waals surface area (Å²) in [5.74, 6) is 0.320. The number of hydrogen-bond acceptors (Lipinski definition) is 3. The Kier molecular flexibility index (Phi) is 5.04. The number of anilines is 1. The van der Waals surface area contributed by atoms with E-state index in [2.05, 4.69) is 12.1 Å². The minimum atomic E-state index is 0.121. The molecule has 0 radical (unpaired) electrons. The van der Waals surface area contributed by atoms with Crippen LogP contribution in [0, 0.1) is 0 Å². The molecule has 5 nitrogen and oxygen atoms in total. The van der Waals surface area contributed by atoms with Gasteiger partial charge < -0.3 is 14.7 Å². The van der Waals surface area contributed by atoms with Crippen molar-refractivity contribution < 1.29 is 14.5 Å². The highest BCUT2D eigenvalue weighted by molar-refractivity contribution is 7.12. The Morgan fingerprint density at radius 1 is 1.04 bits per heavy atom. The number of rotatable bonds is 3. The van der Waals surface area contributed by atoms with E-state index >= 15 is 0 Å². The van der Waals surface area contributed by atoms with Crippen LogP contribution in [0.5, 0.6) is 0 Å². The Labute approximate surface area is 157 Å². The molecule has 2 aliphatic rings. The van der Waals surface area contributed by atoms with Crippen molar-refractivity contribution in [3.63, 3.8) is 0 Å². The van der Waals surface area contributed by atoms with Crippen LogP contribution in [0.3, 0.4) is 0 Å². The summed E-state index contributed by atoms with van der Waals surface area (Å²) in [7, 11) is 0. The topological polar surface area (TPSA) is 45.1 Å². The summed E-state index contributed by atoms with van der Waals surface area (Å²) >= 11 is 1.49. The van der Waals surface area contributed by atoms with E-state index in [-0.39, 0.29) is 11.8 Å². The van der Waals surface area contributed by atoms with Crippen molar-refractivity contribution in [2.45, 2.75) is 12.8 Å². The van der Waals surface area contributed by atoms with E-state index in [1.807, 2.05) is 39.4 Å². The van der Waals surface area contributed by atoms with E-state index in [4.69, 9.17) is 0 Å². The number of quaternary nitrogens is 1. The number of carbonyl (C=O) groups is 2. The minimum Gasteiger partial charge on any atom is -0.327 e. The van der Waals surface area contributed by atoms with Gasteiger partial charge in [-0.15, -0.1) is 11.3 Å². The second kappa shape index (κ2) is 7.60. The molecule has 4 rings (SSSR count). The number of carbonyl (C=O) groups excluding carboxylic acids is 2. The first-order valence-electron chi connectivity index (χ1n) is 9.27. The molecule has 6 heteroatoms. The van der Waals surface area contributed by atoms with Crippen LogP contribution in [0.4, 0.5) is 5.69 Å². The standard InChI is InChI=1S/C20H23N3O2S/c24-19(23-9-3-6-16-5-1-2-7-17(16)23)15-21-10-12-22(13-11-21)20(25)18-8-4-14-26-18/h1-2,4-5,7-8,14H,3,6,9-13,15H2/p+1. The number of nitrogens with zero attached hydrogens (tertiary/aromatic N) is 2. The molecule has 2 aliphatic heterocycles. The number of hydrogen-bond donors (Lipinski definition) is 1. The number of piperazine rings is 1. The Morgan fingerprint density at radius 3 is 2.62 bits per heavy atom. The van der Waals surface area contributed by atoms with Crippen molar-refractivity contribution in [1.29, 1.82) is 0 Å². The van der Waals surface area contributed by atoms with Crippen LogP contribution in [0.2, 0.25) is 0 Å². The number of nitrogens with one attached hydrogen (secondary N) is 1. The maximum atomic E-state index is 12.9. The molecule has 2 amide bonds. The molecule has 2 aromatic rings. The van der Waals surface area contributed by atoms with Crippen LogP contribution >= 0.6 is 11.3 Å². The predicted octanol–water partition coefficient (Wildman–Crippen LogP) is 1.07. The highest BCUT2D eigenvalue weighted by Crippen LogP contribution is 2.26. The number of amides is 2. The summed E-state index contributed by atoms with van der Waals surface area (Å²) in [6.45, 7) is 4.42. The molecule has 1 aromatic heterocycles. The number of thiophene rings is 1. The molecule has 0 spiro atoms. The van der Waals surface area contributed by atoms with Crippen LogP contribution < -0.4 is 9.80 Å². The van der Waals surface area contributed by atoms with Gasteiger partial charge in [-0.05, 0) is 35.9 Å². The molecule has 0 atom stereocenters. The molecule has 1 aromatic carbocycles. The van der Waals surface area contributed by atoms with Gasteiger partial charge >= 0.3 is 0 Å². The first-order valence-corrected chi connectivity index (χ1v) is 10.1. The summed E-state index contributed by atoms with van der Waals surface area (Å²) in [5.41, 5.74) is 2.35. The fourth-order valence-electron chi connectivity index (χ4n) is 3.86. The molecule has 136 valence electrons. The van der Waals surface area contributed by atoms with Gasteiger partial charge in [-0.25, -0.2) is 0 Å². The van der Waals surface area contributed by atoms with Crippen LogP contribution in [0.1, 0.15) is 21.7 Å². The fourth-order valence-corrected chi connectivity index (χ4v) is 4.55. The smallest absolute Gasteiger partial charge is 0.282 e. The van der Waals surface area contributed by atoms with E-state index in [1.165, 1.54) is 21.8 Å². The van der Waals surface area contributed by atoms with E-state index in [1.54, 1.807) is 0 Å². The predicted molar refractivity (Wildman–Crippen MR) is 103 cm³/mol. The summed E-state index contributed by atoms with van der Waals surface area (Å²) in [6, 6.07) is 12.0. The van der Waals surface area contributed by atoms with Gasteiger partial charge in [0, 0.05) is 12.2 Å². The molecular weight excluding hydrogens is 346 g/mol. The zero-order chi connectivity index (χ0) is 17.9. The Morgan fingerprint density at radius 2 is 1.85 bits per heavy atom. The number of para-hydroxylation sites is 1. The third kappa shape index (κ3) is 3.52. The zero-order valence-electron chi connectivity index (χ0n) is 14.8. The molecule has 0 aliphatic carbocycles. The van der Waals surface area contributed by atoms with E-state index in [0.29, 0.717) is 6.54 Å². The lowest BCUT2D eigenvalue weighted by molar-refractivity contribution is -0.895. The maximum absolute atomic E-state index is 12.9. The van der Waals surface area contributed by atoms with Gasteiger partial charge in [-0.3, -0.25) is 9.59 Å². The monoisotopic (exact) mass is 370 g/mol. The van der Waals surface area contributed by atoms with Crippen molar-refractivity contribution in [3.05, 3.63) is 52.2 Å². The average Bonchev–Trinajstić information content (AvgIpc) is 3.22. The largest absolute Gasteiger partial charge is 0.327 e. The third-order valence-corrected chi connectivity index (χ3v) is 6.16. The van der Waals surface area contributed by atoms with Gasteiger partial charge in [-0.1, -0.05) is 24.3 Å². The van der Waals surface area contributed by atoms with Crippen LogP contribution in [-0.4, -0.2) is 56.0 Å². The van der Waals surface area contributed by atoms with Gasteiger partial charge in [0.05, 0.1) is 31.1 Å². The van der Waals surface area contributed by atoms with Gasteiger partial charge in [0.2, 0.25) is 0 Å². The van der Waals surface area contributed by atoms with Crippen LogP contribution in [0.25, 0.3) is 0 Å². The summed E-state index contributed by atoms with van der Waals surface area (Å²) in [6.07, 6.45) is 2.08. The first-order chi connectivity index (χ1) is 12.7. The highest BCUT2D eigenvalue weighted by Gasteiger charge is 2.29. The molecule has 3 heterocycles. The molecule has 26 heavy (non-hydrogen) atoms. The number of benzene rings is 1. The van der Waals surface area contributed by atoms with Gasteiger partial charge in [-0.2, -0.15) is 0 Å². The quantitative estimate of drug-likeness (QED) is 0.878. The second-order valence-electron chi connectivity index (χ2n) is 6.97. The average molecular weight is 370 g/mol. The van der Waals surface area contributed by atoms with E-state index < -0.39 is 0 Å². The SMILES string of the molecule is O=C(c1cccs1)N1CC[NH+](CC(=O)N2CCCc3ccccc32)CC1. The van der Waals surface area contributed by atoms with Crippen molar-refractivity contribution >= 4 is 28.8 Å². The van der Waals surface area contributed by atoms with Crippen molar-refractivity contribution in [2.24, 2.45) is 0 Å². The first kappa shape index (κ1) is 17.2. The summed E-state index contributed by atoms with van der Waals surface area (Å²) in [5, 5.41) is 1.93. The molecule has 0 unspecified atom stereocenters. The Balaban J connectivity index is 1.34. The molecule has 1 saturated heterocycles. The molecular formula is C20H24N3O2S+. The lowest BCUT2D eigenvalue weighted by Crippen LogP contribution is -3.15. The highest BCUT2D eigenvalue weighted by atomic mass is 32.1. The molecule has 1 N–H and O–H groups in total. The van der Waals surface area contributed by atoms with Gasteiger partial charge in [0.1, 0.15) is 0 Å². The fraction of sp³-hybridized carbons (Fsp3) is 0.400. The summed E-state index contributed by atoms with van der Waals surface area (Å²) < 4.78 is 0. The Hall–Kier alpha value is -2.18. The normalized spacial score (nSPS) is 17.8. The molecule has 0 bridgehead atoms. The van der Waals surface area contributed by atoms with Crippen molar-refractivity contribution in [1.82, 2.24) is 4.90 Å². The zero-order valence-corrected chi connectivity index (χ0v) is 15.6. The third-order valence-electron chi connectivity index (χ3n) is 5.30. The Bertz CT molecular complexity index is 782. The van der Waals surface area contributed by atoms with E-state index in [9.17, 15) is 9.59 Å². The lowest BCUT2D eigenvalue weighted by atomic mass is 10.0. The van der Waals surface area contributed by atoms with Gasteiger partial charge in [0.15, 0.2) is 6.54 Å². The van der Waals surface area contributed by atoms with Gasteiger partial charge in [0.25, 0.3) is 11.8 Å². The van der Waals surface area contributed by atoms with Crippen LogP contribution in [-0.2, 0) is 11.2 Å². The molecule has 0 saturated carbocycles. The lowest BCUT2D eigenvalue weighted by Gasteiger charge is -2.34. The summed E-state index contributed by atoms with van der Waals surface area (Å²) in [4.78, 5) is 31.2. The number of aryl methyl sites for hydroxylation is 1. The minimum absolute atomic E-state index is 0.121. The van der Waals surface area contributed by atoms with Crippen molar-refractivity contribution in [2.75, 3.05) is 44.2 Å². The maximum Gasteiger partial charge on any atom is 0.282 e. The molecule has 1 fully saturated rings.